The van der Waals surface area contributed by atoms with E-state index in [4.69, 9.17) is 0 Å². The summed E-state index contributed by atoms with van der Waals surface area (Å²) in [5.41, 5.74) is 2.62. The predicted molar refractivity (Wildman–Crippen MR) is 144 cm³/mol. The SMILES string of the molecule is CCN1/C(=C/C=C/C=C/C=C/c2sc3ccccc3[n+]2CC)Sc2ccccc21.I. The van der Waals surface area contributed by atoms with Crippen molar-refractivity contribution in [2.24, 2.45) is 0 Å². The molecule has 0 bridgehead atoms. The van der Waals surface area contributed by atoms with Crippen molar-refractivity contribution in [1.82, 2.24) is 0 Å². The Morgan fingerprint density at radius 2 is 1.63 bits per heavy atom. The average Bonchev–Trinajstić information content (AvgIpc) is 3.29. The first kappa shape index (κ1) is 22.8. The van der Waals surface area contributed by atoms with E-state index in [1.807, 2.05) is 23.1 Å². The number of benzene rings is 2. The molecular weight excluding hydrogens is 519 g/mol. The number of halogens is 1. The number of para-hydroxylation sites is 2. The molecule has 2 heterocycles. The highest BCUT2D eigenvalue weighted by atomic mass is 127. The minimum absolute atomic E-state index is 0. The van der Waals surface area contributed by atoms with Crippen LogP contribution in [0.25, 0.3) is 16.3 Å². The second kappa shape index (κ2) is 11.0. The van der Waals surface area contributed by atoms with E-state index >= 15 is 0 Å². The number of nitrogens with zero attached hydrogens (tertiary/aromatic N) is 2. The largest absolute Gasteiger partial charge is 0.335 e. The Kier molecular flexibility index (Phi) is 8.36. The Balaban J connectivity index is 0.00000256. The lowest BCUT2D eigenvalue weighted by atomic mass is 10.3. The van der Waals surface area contributed by atoms with Crippen molar-refractivity contribution in [3.8, 4) is 0 Å². The van der Waals surface area contributed by atoms with Gasteiger partial charge in [0.2, 0.25) is 5.52 Å². The van der Waals surface area contributed by atoms with E-state index in [1.165, 1.54) is 30.8 Å². The molecule has 0 unspecified atom stereocenters. The lowest BCUT2D eigenvalue weighted by Crippen LogP contribution is -2.33. The number of thioether (sulfide) groups is 1. The molecule has 30 heavy (non-hydrogen) atoms. The molecular formula is C25H26IN2S2+. The van der Waals surface area contributed by atoms with Crippen LogP contribution in [0.2, 0.25) is 0 Å². The van der Waals surface area contributed by atoms with Crippen molar-refractivity contribution in [2.45, 2.75) is 25.3 Å². The van der Waals surface area contributed by atoms with Crippen molar-refractivity contribution in [3.05, 3.63) is 95.0 Å². The topological polar surface area (TPSA) is 7.12 Å². The average molecular weight is 546 g/mol. The first-order valence-electron chi connectivity index (χ1n) is 9.99. The first-order valence-corrected chi connectivity index (χ1v) is 11.6. The lowest BCUT2D eigenvalue weighted by Gasteiger charge is -2.17. The van der Waals surface area contributed by atoms with Gasteiger partial charge in [-0.15, -0.1) is 24.0 Å². The number of fused-ring (bicyclic) bond motifs is 2. The second-order valence-electron chi connectivity index (χ2n) is 6.60. The Morgan fingerprint density at radius 1 is 0.900 bits per heavy atom. The van der Waals surface area contributed by atoms with Crippen LogP contribution in [0, 0.1) is 0 Å². The lowest BCUT2D eigenvalue weighted by molar-refractivity contribution is -0.665. The normalized spacial score (nSPS) is 15.1. The minimum atomic E-state index is 0. The summed E-state index contributed by atoms with van der Waals surface area (Å²) in [5.74, 6) is 0. The molecule has 2 aromatic carbocycles. The predicted octanol–water partition coefficient (Wildman–Crippen LogP) is 7.43. The van der Waals surface area contributed by atoms with Crippen LogP contribution in [0.15, 0.2) is 94.9 Å². The number of anilines is 1. The van der Waals surface area contributed by atoms with E-state index in [1.54, 1.807) is 0 Å². The second-order valence-corrected chi connectivity index (χ2v) is 8.72. The summed E-state index contributed by atoms with van der Waals surface area (Å²) < 4.78 is 3.69. The van der Waals surface area contributed by atoms with Crippen molar-refractivity contribution in [3.63, 3.8) is 0 Å². The van der Waals surface area contributed by atoms with E-state index in [-0.39, 0.29) is 24.0 Å². The van der Waals surface area contributed by atoms with Crippen LogP contribution >= 0.6 is 47.1 Å². The zero-order valence-corrected chi connectivity index (χ0v) is 21.2. The Morgan fingerprint density at radius 3 is 2.47 bits per heavy atom. The Labute approximate surface area is 204 Å². The van der Waals surface area contributed by atoms with Crippen LogP contribution in [-0.4, -0.2) is 6.54 Å². The molecule has 1 aliphatic heterocycles. The fourth-order valence-corrected chi connectivity index (χ4v) is 5.75. The quantitative estimate of drug-likeness (QED) is 0.181. The van der Waals surface area contributed by atoms with E-state index in [9.17, 15) is 0 Å². The van der Waals surface area contributed by atoms with Crippen LogP contribution < -0.4 is 9.47 Å². The van der Waals surface area contributed by atoms with Crippen LogP contribution in [0.3, 0.4) is 0 Å². The van der Waals surface area contributed by atoms with Gasteiger partial charge in [0.25, 0.3) is 5.01 Å². The number of thiazole rings is 1. The number of aromatic nitrogens is 1. The van der Waals surface area contributed by atoms with Gasteiger partial charge < -0.3 is 4.90 Å². The molecule has 0 radical (unpaired) electrons. The molecule has 4 rings (SSSR count). The highest BCUT2D eigenvalue weighted by molar-refractivity contribution is 14.0. The molecule has 154 valence electrons. The molecule has 0 spiro atoms. The van der Waals surface area contributed by atoms with Gasteiger partial charge in [0.05, 0.1) is 10.7 Å². The van der Waals surface area contributed by atoms with Gasteiger partial charge >= 0.3 is 0 Å². The third-order valence-corrected chi connectivity index (χ3v) is 7.09. The summed E-state index contributed by atoms with van der Waals surface area (Å²) in [4.78, 5) is 3.69. The van der Waals surface area contributed by atoms with Gasteiger partial charge in [0.1, 0.15) is 11.2 Å². The number of hydrogen-bond donors (Lipinski definition) is 0. The van der Waals surface area contributed by atoms with Crippen LogP contribution in [0.1, 0.15) is 18.9 Å². The molecule has 5 heteroatoms. The monoisotopic (exact) mass is 545 g/mol. The van der Waals surface area contributed by atoms with Crippen molar-refractivity contribution < 1.29 is 4.57 Å². The molecule has 0 fully saturated rings. The molecule has 1 aromatic heterocycles. The summed E-state index contributed by atoms with van der Waals surface area (Å²) >= 11 is 3.67. The molecule has 1 aliphatic rings. The molecule has 0 saturated carbocycles. The van der Waals surface area contributed by atoms with Gasteiger partial charge in [0, 0.05) is 23.6 Å². The zero-order chi connectivity index (χ0) is 20.1. The van der Waals surface area contributed by atoms with Crippen LogP contribution in [0.5, 0.6) is 0 Å². The number of aryl methyl sites for hydroxylation is 1. The molecule has 0 aliphatic carbocycles. The zero-order valence-electron chi connectivity index (χ0n) is 17.2. The smallest absolute Gasteiger partial charge is 0.262 e. The van der Waals surface area contributed by atoms with Gasteiger partial charge in [-0.2, -0.15) is 4.57 Å². The summed E-state index contributed by atoms with van der Waals surface area (Å²) in [6.45, 7) is 6.35. The minimum Gasteiger partial charge on any atom is -0.335 e. The first-order chi connectivity index (χ1) is 14.3. The Hall–Kier alpha value is -1.83. The number of rotatable bonds is 6. The van der Waals surface area contributed by atoms with E-state index in [2.05, 4.69) is 114 Å². The van der Waals surface area contributed by atoms with Gasteiger partial charge in [-0.3, -0.25) is 0 Å². The maximum atomic E-state index is 2.36. The van der Waals surface area contributed by atoms with Gasteiger partial charge in [-0.05, 0) is 38.1 Å². The van der Waals surface area contributed by atoms with E-state index in [0.29, 0.717) is 0 Å². The third kappa shape index (κ3) is 4.90. The fraction of sp³-hybridized carbons (Fsp3) is 0.160. The van der Waals surface area contributed by atoms with E-state index < -0.39 is 0 Å². The number of hydrogen-bond acceptors (Lipinski definition) is 3. The van der Waals surface area contributed by atoms with Crippen molar-refractivity contribution >= 4 is 69.1 Å². The third-order valence-electron chi connectivity index (χ3n) is 4.83. The molecule has 0 amide bonds. The molecule has 2 nitrogen and oxygen atoms in total. The van der Waals surface area contributed by atoms with Crippen LogP contribution in [0.4, 0.5) is 5.69 Å². The maximum absolute atomic E-state index is 2.36. The fourth-order valence-electron chi connectivity index (χ4n) is 3.47. The number of allylic oxidation sites excluding steroid dienone is 6. The summed E-state index contributed by atoms with van der Waals surface area (Å²) in [6, 6.07) is 17.2. The van der Waals surface area contributed by atoms with Crippen molar-refractivity contribution in [2.75, 3.05) is 11.4 Å². The molecule has 0 saturated heterocycles. The van der Waals surface area contributed by atoms with Crippen molar-refractivity contribution in [1.29, 1.82) is 0 Å². The standard InChI is InChI=1S/C25H25N2S2.HI/c1-3-26-20-14-10-12-16-22(20)28-24(26)18-8-6-5-7-9-19-25-27(4-2)21-15-11-13-17-23(21)29-25;/h5-19H,3-4H2,1-2H3;1H/q+1;. The highest BCUT2D eigenvalue weighted by Crippen LogP contribution is 2.45. The Bertz CT molecular complexity index is 1130. The summed E-state index contributed by atoms with van der Waals surface area (Å²) in [5, 5.41) is 2.56. The van der Waals surface area contributed by atoms with Crippen LogP contribution in [-0.2, 0) is 6.54 Å². The molecule has 3 aromatic rings. The maximum Gasteiger partial charge on any atom is 0.262 e. The van der Waals surface area contributed by atoms with E-state index in [0.717, 1.165) is 13.1 Å². The molecule has 0 atom stereocenters. The summed E-state index contributed by atoms with van der Waals surface area (Å²) in [6.07, 6.45) is 14.9. The van der Waals surface area contributed by atoms with Gasteiger partial charge in [0.15, 0.2) is 0 Å². The van der Waals surface area contributed by atoms with Gasteiger partial charge in [-0.25, -0.2) is 0 Å². The van der Waals surface area contributed by atoms with Gasteiger partial charge in [-0.1, -0.05) is 77.7 Å². The highest BCUT2D eigenvalue weighted by Gasteiger charge is 2.22. The molecule has 0 N–H and O–H groups in total. The summed E-state index contributed by atoms with van der Waals surface area (Å²) in [7, 11) is 0.